The van der Waals surface area contributed by atoms with E-state index in [1.54, 1.807) is 30.4 Å². The zero-order chi connectivity index (χ0) is 20.6. The second-order valence-corrected chi connectivity index (χ2v) is 6.95. The average molecular weight is 391 g/mol. The van der Waals surface area contributed by atoms with Crippen LogP contribution in [0.4, 0.5) is 5.69 Å². The van der Waals surface area contributed by atoms with Crippen molar-refractivity contribution in [2.75, 3.05) is 44.7 Å². The van der Waals surface area contributed by atoms with Crippen LogP contribution in [0, 0.1) is 0 Å². The lowest BCUT2D eigenvalue weighted by molar-refractivity contribution is -0.117. The largest absolute Gasteiger partial charge is 0.388 e. The SMILES string of the molecule is CN1CCN(c2ccccc2C(=O)/C=C/c2cccc(/C=C/C(=O)CO)n2)CC1. The summed E-state index contributed by atoms with van der Waals surface area (Å²) in [5.74, 6) is -0.457. The number of aliphatic hydroxyl groups excluding tert-OH is 1. The number of anilines is 1. The number of ketones is 2. The lowest BCUT2D eigenvalue weighted by Gasteiger charge is -2.34. The van der Waals surface area contributed by atoms with Gasteiger partial charge in [0.1, 0.15) is 6.61 Å². The van der Waals surface area contributed by atoms with E-state index in [0.29, 0.717) is 17.0 Å². The predicted octanol–water partition coefficient (Wildman–Crippen LogP) is 2.30. The third-order valence-electron chi connectivity index (χ3n) is 4.81. The smallest absolute Gasteiger partial charge is 0.187 e. The van der Waals surface area contributed by atoms with E-state index >= 15 is 0 Å². The van der Waals surface area contributed by atoms with Crippen LogP contribution < -0.4 is 4.90 Å². The van der Waals surface area contributed by atoms with E-state index in [4.69, 9.17) is 5.11 Å². The fourth-order valence-electron chi connectivity index (χ4n) is 3.14. The number of hydrogen-bond acceptors (Lipinski definition) is 6. The van der Waals surface area contributed by atoms with Crippen molar-refractivity contribution in [2.24, 2.45) is 0 Å². The van der Waals surface area contributed by atoms with Crippen molar-refractivity contribution in [2.45, 2.75) is 0 Å². The molecular weight excluding hydrogens is 366 g/mol. The number of carbonyl (C=O) groups excluding carboxylic acids is 2. The number of benzene rings is 1. The Morgan fingerprint density at radius 3 is 2.31 bits per heavy atom. The molecule has 1 N–H and O–H groups in total. The summed E-state index contributed by atoms with van der Waals surface area (Å²) in [7, 11) is 2.10. The highest BCUT2D eigenvalue weighted by molar-refractivity contribution is 6.10. The number of allylic oxidation sites excluding steroid dienone is 1. The molecule has 0 unspecified atom stereocenters. The second kappa shape index (κ2) is 9.91. The van der Waals surface area contributed by atoms with E-state index in [1.807, 2.05) is 24.3 Å². The van der Waals surface area contributed by atoms with E-state index < -0.39 is 6.61 Å². The molecule has 0 radical (unpaired) electrons. The normalized spacial score (nSPS) is 15.3. The summed E-state index contributed by atoms with van der Waals surface area (Å²) in [6.45, 7) is 3.21. The van der Waals surface area contributed by atoms with Crippen LogP contribution in [-0.2, 0) is 4.79 Å². The molecule has 1 aromatic carbocycles. The van der Waals surface area contributed by atoms with Crippen LogP contribution in [0.3, 0.4) is 0 Å². The van der Waals surface area contributed by atoms with Gasteiger partial charge in [0.05, 0.1) is 11.4 Å². The molecule has 29 heavy (non-hydrogen) atoms. The van der Waals surface area contributed by atoms with Crippen LogP contribution in [0.1, 0.15) is 21.7 Å². The van der Waals surface area contributed by atoms with Crippen LogP contribution in [0.2, 0.25) is 0 Å². The van der Waals surface area contributed by atoms with E-state index in [-0.39, 0.29) is 11.6 Å². The van der Waals surface area contributed by atoms with Crippen molar-refractivity contribution >= 4 is 29.4 Å². The molecule has 1 fully saturated rings. The third kappa shape index (κ3) is 5.70. The Kier molecular flexibility index (Phi) is 7.05. The summed E-state index contributed by atoms with van der Waals surface area (Å²) in [5.41, 5.74) is 2.84. The van der Waals surface area contributed by atoms with Crippen molar-refractivity contribution in [1.82, 2.24) is 9.88 Å². The number of para-hydroxylation sites is 1. The van der Waals surface area contributed by atoms with Crippen molar-refractivity contribution in [3.05, 3.63) is 71.6 Å². The molecular formula is C23H25N3O3. The van der Waals surface area contributed by atoms with Crippen LogP contribution in [0.25, 0.3) is 12.2 Å². The Hall–Kier alpha value is -3.09. The van der Waals surface area contributed by atoms with Crippen molar-refractivity contribution in [3.63, 3.8) is 0 Å². The number of likely N-dealkylation sites (N-methyl/N-ethyl adjacent to an activating group) is 1. The highest BCUT2D eigenvalue weighted by Gasteiger charge is 2.18. The summed E-state index contributed by atoms with van der Waals surface area (Å²) in [5, 5.41) is 8.77. The minimum absolute atomic E-state index is 0.0715. The molecule has 3 rings (SSSR count). The van der Waals surface area contributed by atoms with Crippen LogP contribution >= 0.6 is 0 Å². The zero-order valence-electron chi connectivity index (χ0n) is 16.5. The van der Waals surface area contributed by atoms with Crippen molar-refractivity contribution < 1.29 is 14.7 Å². The van der Waals surface area contributed by atoms with Gasteiger partial charge in [0.15, 0.2) is 11.6 Å². The van der Waals surface area contributed by atoms with Gasteiger partial charge >= 0.3 is 0 Å². The Morgan fingerprint density at radius 2 is 1.62 bits per heavy atom. The molecule has 1 aromatic heterocycles. The monoisotopic (exact) mass is 391 g/mol. The first-order chi connectivity index (χ1) is 14.1. The van der Waals surface area contributed by atoms with Gasteiger partial charge in [0.25, 0.3) is 0 Å². The van der Waals surface area contributed by atoms with Crippen molar-refractivity contribution in [1.29, 1.82) is 0 Å². The van der Waals surface area contributed by atoms with E-state index in [2.05, 4.69) is 21.8 Å². The number of piperazine rings is 1. The summed E-state index contributed by atoms with van der Waals surface area (Å²) < 4.78 is 0. The van der Waals surface area contributed by atoms with Gasteiger partial charge in [0, 0.05) is 37.4 Å². The molecule has 1 saturated heterocycles. The van der Waals surface area contributed by atoms with Crippen LogP contribution in [0.5, 0.6) is 0 Å². The molecule has 2 aromatic rings. The van der Waals surface area contributed by atoms with Gasteiger partial charge in [-0.05, 0) is 55.6 Å². The summed E-state index contributed by atoms with van der Waals surface area (Å²) in [6, 6.07) is 13.0. The summed E-state index contributed by atoms with van der Waals surface area (Å²) in [4.78, 5) is 33.0. The molecule has 150 valence electrons. The molecule has 2 heterocycles. The first kappa shape index (κ1) is 20.6. The number of hydrogen-bond donors (Lipinski definition) is 1. The number of aromatic nitrogens is 1. The summed E-state index contributed by atoms with van der Waals surface area (Å²) in [6.07, 6.45) is 6.03. The number of pyridine rings is 1. The third-order valence-corrected chi connectivity index (χ3v) is 4.81. The average Bonchev–Trinajstić information content (AvgIpc) is 2.76. The fraction of sp³-hybridized carbons (Fsp3) is 0.261. The molecule has 0 bridgehead atoms. The molecule has 0 saturated carbocycles. The zero-order valence-corrected chi connectivity index (χ0v) is 16.5. The highest BCUT2D eigenvalue weighted by atomic mass is 16.3. The first-order valence-electron chi connectivity index (χ1n) is 9.60. The maximum Gasteiger partial charge on any atom is 0.187 e. The Bertz CT molecular complexity index is 928. The molecule has 6 heteroatoms. The molecule has 0 aliphatic carbocycles. The molecule has 6 nitrogen and oxygen atoms in total. The maximum absolute atomic E-state index is 12.8. The minimum atomic E-state index is -0.530. The van der Waals surface area contributed by atoms with E-state index in [9.17, 15) is 9.59 Å². The maximum atomic E-state index is 12.8. The highest BCUT2D eigenvalue weighted by Crippen LogP contribution is 2.22. The molecule has 1 aliphatic rings. The molecule has 0 amide bonds. The predicted molar refractivity (Wildman–Crippen MR) is 115 cm³/mol. The Morgan fingerprint density at radius 1 is 0.966 bits per heavy atom. The lowest BCUT2D eigenvalue weighted by atomic mass is 10.1. The quantitative estimate of drug-likeness (QED) is 0.577. The minimum Gasteiger partial charge on any atom is -0.388 e. The van der Waals surface area contributed by atoms with Gasteiger partial charge in [-0.2, -0.15) is 0 Å². The topological polar surface area (TPSA) is 73.7 Å². The molecule has 0 spiro atoms. The number of carbonyl (C=O) groups is 2. The van der Waals surface area contributed by atoms with Gasteiger partial charge in [-0.15, -0.1) is 0 Å². The molecule has 1 aliphatic heterocycles. The Labute approximate surface area is 170 Å². The van der Waals surface area contributed by atoms with E-state index in [1.165, 1.54) is 12.2 Å². The second-order valence-electron chi connectivity index (χ2n) is 6.95. The lowest BCUT2D eigenvalue weighted by Crippen LogP contribution is -2.44. The first-order valence-corrected chi connectivity index (χ1v) is 9.60. The van der Waals surface area contributed by atoms with Crippen molar-refractivity contribution in [3.8, 4) is 0 Å². The van der Waals surface area contributed by atoms with Gasteiger partial charge < -0.3 is 14.9 Å². The van der Waals surface area contributed by atoms with Gasteiger partial charge in [-0.25, -0.2) is 4.98 Å². The Balaban J connectivity index is 1.75. The standard InChI is InChI=1S/C23H25N3O3/c1-25-13-15-26(16-14-25)22-8-3-2-7-21(22)23(29)12-10-19-6-4-5-18(24-19)9-11-20(28)17-27/h2-12,27H,13-17H2,1H3/b11-9+,12-10+. The van der Waals surface area contributed by atoms with Gasteiger partial charge in [0.2, 0.25) is 0 Å². The van der Waals surface area contributed by atoms with Crippen LogP contribution in [0.15, 0.2) is 54.6 Å². The van der Waals surface area contributed by atoms with Crippen LogP contribution in [-0.4, -0.2) is 66.4 Å². The van der Waals surface area contributed by atoms with E-state index in [0.717, 1.165) is 31.9 Å². The number of nitrogens with zero attached hydrogens (tertiary/aromatic N) is 3. The fourth-order valence-corrected chi connectivity index (χ4v) is 3.14. The van der Waals surface area contributed by atoms with Gasteiger partial charge in [-0.1, -0.05) is 18.2 Å². The molecule has 0 atom stereocenters. The number of aliphatic hydroxyl groups is 1. The van der Waals surface area contributed by atoms with Gasteiger partial charge in [-0.3, -0.25) is 9.59 Å². The summed E-state index contributed by atoms with van der Waals surface area (Å²) >= 11 is 0. The number of rotatable bonds is 7.